The molecule has 2 rings (SSSR count). The van der Waals surface area contributed by atoms with Gasteiger partial charge in [-0.1, -0.05) is 18.2 Å². The van der Waals surface area contributed by atoms with E-state index in [2.05, 4.69) is 10.8 Å². The Labute approximate surface area is 98.8 Å². The second-order valence-corrected chi connectivity index (χ2v) is 4.38. The van der Waals surface area contributed by atoms with Crippen molar-refractivity contribution in [3.63, 3.8) is 0 Å². The van der Waals surface area contributed by atoms with E-state index in [1.165, 1.54) is 0 Å². The van der Waals surface area contributed by atoms with Crippen molar-refractivity contribution in [2.75, 3.05) is 0 Å². The Morgan fingerprint density at radius 2 is 2.12 bits per heavy atom. The first kappa shape index (κ1) is 11.8. The van der Waals surface area contributed by atoms with Gasteiger partial charge in [-0.2, -0.15) is 14.0 Å². The Kier molecular flexibility index (Phi) is 3.01. The van der Waals surface area contributed by atoms with Crippen LogP contribution in [0.4, 0.5) is 8.78 Å². The number of alkyl halides is 2. The van der Waals surface area contributed by atoms with E-state index in [1.54, 1.807) is 25.1 Å². The highest BCUT2D eigenvalue weighted by Crippen LogP contribution is 2.47. The Bertz CT molecular complexity index is 461. The van der Waals surface area contributed by atoms with E-state index in [4.69, 9.17) is 0 Å². The summed E-state index contributed by atoms with van der Waals surface area (Å²) in [5, 5.41) is 9.25. The van der Waals surface area contributed by atoms with E-state index < -0.39 is 12.0 Å². The highest BCUT2D eigenvalue weighted by Gasteiger charge is 2.41. The summed E-state index contributed by atoms with van der Waals surface area (Å²) in [5.41, 5.74) is 0.617. The van der Waals surface area contributed by atoms with Gasteiger partial charge in [-0.3, -0.25) is 0 Å². The van der Waals surface area contributed by atoms with Gasteiger partial charge < -0.3 is 4.74 Å². The molecule has 0 radical (unpaired) electrons. The first-order chi connectivity index (χ1) is 8.09. The zero-order valence-corrected chi connectivity index (χ0v) is 9.54. The van der Waals surface area contributed by atoms with E-state index in [0.29, 0.717) is 24.0 Å². The Hall–Kier alpha value is -1.63. The molecule has 1 aromatic carbocycles. The monoisotopic (exact) mass is 237 g/mol. The lowest BCUT2D eigenvalue weighted by Crippen LogP contribution is -2.33. The number of benzene rings is 1. The van der Waals surface area contributed by atoms with Crippen molar-refractivity contribution in [2.45, 2.75) is 38.2 Å². The molecule has 1 aromatic rings. The van der Waals surface area contributed by atoms with Crippen LogP contribution in [0.3, 0.4) is 0 Å². The van der Waals surface area contributed by atoms with Gasteiger partial charge >= 0.3 is 6.61 Å². The second kappa shape index (κ2) is 4.33. The molecule has 0 N–H and O–H groups in total. The van der Waals surface area contributed by atoms with E-state index in [1.807, 2.05) is 0 Å². The third-order valence-corrected chi connectivity index (χ3v) is 3.36. The largest absolute Gasteiger partial charge is 0.434 e. The van der Waals surface area contributed by atoms with Gasteiger partial charge in [0.1, 0.15) is 5.75 Å². The number of rotatable bonds is 3. The average molecular weight is 237 g/mol. The number of ether oxygens (including phenoxy) is 1. The SMILES string of the molecule is Cc1cccc(C2(C#N)CCC2)c1OC(F)F. The number of nitrogens with zero attached hydrogens (tertiary/aromatic N) is 1. The maximum absolute atomic E-state index is 12.4. The topological polar surface area (TPSA) is 33.0 Å². The molecule has 0 saturated heterocycles. The van der Waals surface area contributed by atoms with Crippen molar-refractivity contribution in [3.05, 3.63) is 29.3 Å². The third kappa shape index (κ3) is 1.97. The van der Waals surface area contributed by atoms with Crippen LogP contribution in [0.1, 0.15) is 30.4 Å². The van der Waals surface area contributed by atoms with Crippen molar-refractivity contribution < 1.29 is 13.5 Å². The molecule has 0 heterocycles. The molecule has 1 aliphatic carbocycles. The molecule has 17 heavy (non-hydrogen) atoms. The number of halogens is 2. The lowest BCUT2D eigenvalue weighted by atomic mass is 9.65. The van der Waals surface area contributed by atoms with Gasteiger partial charge in [-0.15, -0.1) is 0 Å². The summed E-state index contributed by atoms with van der Waals surface area (Å²) < 4.78 is 29.4. The van der Waals surface area contributed by atoms with Gasteiger partial charge in [-0.25, -0.2) is 0 Å². The normalized spacial score (nSPS) is 17.4. The minimum Gasteiger partial charge on any atom is -0.434 e. The summed E-state index contributed by atoms with van der Waals surface area (Å²) in [6.07, 6.45) is 2.38. The maximum Gasteiger partial charge on any atom is 0.387 e. The van der Waals surface area contributed by atoms with Crippen LogP contribution in [-0.4, -0.2) is 6.61 Å². The molecule has 0 spiro atoms. The lowest BCUT2D eigenvalue weighted by Gasteiger charge is -2.36. The molecule has 0 aromatic heterocycles. The zero-order valence-electron chi connectivity index (χ0n) is 9.54. The van der Waals surface area contributed by atoms with Gasteiger partial charge in [0.25, 0.3) is 0 Å². The summed E-state index contributed by atoms with van der Waals surface area (Å²) >= 11 is 0. The average Bonchev–Trinajstić information content (AvgIpc) is 2.21. The van der Waals surface area contributed by atoms with Gasteiger partial charge in [0.15, 0.2) is 0 Å². The van der Waals surface area contributed by atoms with Crippen LogP contribution in [0, 0.1) is 18.3 Å². The van der Waals surface area contributed by atoms with Gasteiger partial charge in [0.05, 0.1) is 11.5 Å². The van der Waals surface area contributed by atoms with E-state index in [0.717, 1.165) is 6.42 Å². The Balaban J connectivity index is 2.46. The lowest BCUT2D eigenvalue weighted by molar-refractivity contribution is -0.0516. The molecular weight excluding hydrogens is 224 g/mol. The molecular formula is C13H13F2NO. The fourth-order valence-electron chi connectivity index (χ4n) is 2.25. The number of aryl methyl sites for hydroxylation is 1. The van der Waals surface area contributed by atoms with Crippen molar-refractivity contribution >= 4 is 0 Å². The predicted octanol–water partition coefficient (Wildman–Crippen LogP) is 3.54. The number of hydrogen-bond acceptors (Lipinski definition) is 2. The predicted molar refractivity (Wildman–Crippen MR) is 59.0 cm³/mol. The molecule has 0 amide bonds. The molecule has 1 fully saturated rings. The van der Waals surface area contributed by atoms with Gasteiger partial charge in [0, 0.05) is 5.56 Å². The molecule has 90 valence electrons. The smallest absolute Gasteiger partial charge is 0.387 e. The van der Waals surface area contributed by atoms with Crippen molar-refractivity contribution in [1.29, 1.82) is 5.26 Å². The first-order valence-corrected chi connectivity index (χ1v) is 5.55. The van der Waals surface area contributed by atoms with Crippen LogP contribution in [0.5, 0.6) is 5.75 Å². The molecule has 1 saturated carbocycles. The summed E-state index contributed by atoms with van der Waals surface area (Å²) in [4.78, 5) is 0. The summed E-state index contributed by atoms with van der Waals surface area (Å²) in [6, 6.07) is 7.45. The van der Waals surface area contributed by atoms with E-state index in [9.17, 15) is 14.0 Å². The van der Waals surface area contributed by atoms with Crippen LogP contribution < -0.4 is 4.74 Å². The minimum atomic E-state index is -2.86. The number of nitriles is 1. The quantitative estimate of drug-likeness (QED) is 0.805. The fraction of sp³-hybridized carbons (Fsp3) is 0.462. The molecule has 0 aliphatic heterocycles. The third-order valence-electron chi connectivity index (χ3n) is 3.36. The van der Waals surface area contributed by atoms with E-state index >= 15 is 0 Å². The first-order valence-electron chi connectivity index (χ1n) is 5.55. The van der Waals surface area contributed by atoms with Crippen LogP contribution in [0.15, 0.2) is 18.2 Å². The molecule has 4 heteroatoms. The molecule has 1 aliphatic rings. The van der Waals surface area contributed by atoms with Gasteiger partial charge in [-0.05, 0) is 31.7 Å². The fourth-order valence-corrected chi connectivity index (χ4v) is 2.25. The Morgan fingerprint density at radius 3 is 2.59 bits per heavy atom. The van der Waals surface area contributed by atoms with Crippen LogP contribution in [-0.2, 0) is 5.41 Å². The summed E-state index contributed by atoms with van der Waals surface area (Å²) in [7, 11) is 0. The van der Waals surface area contributed by atoms with Gasteiger partial charge in [0.2, 0.25) is 0 Å². The van der Waals surface area contributed by atoms with Crippen LogP contribution in [0.25, 0.3) is 0 Å². The van der Waals surface area contributed by atoms with E-state index in [-0.39, 0.29) is 5.75 Å². The highest BCUT2D eigenvalue weighted by molar-refractivity contribution is 5.49. The standard InChI is InChI=1S/C13H13F2NO/c1-9-4-2-5-10(11(9)17-12(14)15)13(8-16)6-3-7-13/h2,4-5,12H,3,6-7H2,1H3. The van der Waals surface area contributed by atoms with Crippen molar-refractivity contribution in [3.8, 4) is 11.8 Å². The number of hydrogen-bond donors (Lipinski definition) is 0. The molecule has 2 nitrogen and oxygen atoms in total. The Morgan fingerprint density at radius 1 is 1.41 bits per heavy atom. The molecule has 0 bridgehead atoms. The highest BCUT2D eigenvalue weighted by atomic mass is 19.3. The maximum atomic E-state index is 12.4. The van der Waals surface area contributed by atoms with Crippen molar-refractivity contribution in [1.82, 2.24) is 0 Å². The summed E-state index contributed by atoms with van der Waals surface area (Å²) in [6.45, 7) is -1.14. The van der Waals surface area contributed by atoms with Crippen LogP contribution in [0.2, 0.25) is 0 Å². The number of para-hydroxylation sites is 1. The van der Waals surface area contributed by atoms with Crippen molar-refractivity contribution in [2.24, 2.45) is 0 Å². The summed E-state index contributed by atoms with van der Waals surface area (Å²) in [5.74, 6) is 0.170. The molecule has 0 atom stereocenters. The second-order valence-electron chi connectivity index (χ2n) is 4.38. The minimum absolute atomic E-state index is 0.170. The zero-order chi connectivity index (χ0) is 12.5. The van der Waals surface area contributed by atoms with Crippen LogP contribution >= 0.6 is 0 Å². The molecule has 0 unspecified atom stereocenters.